The van der Waals surface area contributed by atoms with Crippen LogP contribution < -0.4 is 5.32 Å². The van der Waals surface area contributed by atoms with Crippen LogP contribution in [0.15, 0.2) is 60.8 Å². The number of carbonyl (C=O) groups excluding carboxylic acids is 1. The van der Waals surface area contributed by atoms with Crippen molar-refractivity contribution in [3.05, 3.63) is 60.8 Å². The Labute approximate surface area is 456 Å². The summed E-state index contributed by atoms with van der Waals surface area (Å²) in [4.78, 5) is 13.1. The quantitative estimate of drug-likeness (QED) is 0.0261. The van der Waals surface area contributed by atoms with Gasteiger partial charge in [-0.2, -0.15) is 0 Å². The fraction of sp³-hybridized carbons (Fsp3) is 0.831. The first kappa shape index (κ1) is 69.9. The van der Waals surface area contributed by atoms with Crippen molar-refractivity contribution >= 4 is 5.91 Å². The van der Waals surface area contributed by atoms with E-state index < -0.39 is 49.5 Å². The first-order valence-electron chi connectivity index (χ1n) is 31.5. The smallest absolute Gasteiger partial charge is 0.220 e. The average molecular weight is 1040 g/mol. The largest absolute Gasteiger partial charge is 0.394 e. The number of aliphatic hydroxyl groups is 5. The first-order valence-corrected chi connectivity index (χ1v) is 31.5. The van der Waals surface area contributed by atoms with Crippen molar-refractivity contribution < 1.29 is 39.8 Å². The van der Waals surface area contributed by atoms with Gasteiger partial charge in [0.05, 0.1) is 25.4 Å². The number of allylic oxidation sites excluding steroid dienone is 10. The number of nitrogens with one attached hydrogen (secondary N) is 1. The van der Waals surface area contributed by atoms with Crippen LogP contribution in [-0.2, 0) is 14.3 Å². The van der Waals surface area contributed by atoms with Gasteiger partial charge >= 0.3 is 0 Å². The Kier molecular flexibility index (Phi) is 51.3. The lowest BCUT2D eigenvalue weighted by Gasteiger charge is -2.40. The summed E-state index contributed by atoms with van der Waals surface area (Å²) < 4.78 is 11.3. The highest BCUT2D eigenvalue weighted by atomic mass is 16.7. The number of rotatable bonds is 54. The lowest BCUT2D eigenvalue weighted by molar-refractivity contribution is -0.302. The number of hydrogen-bond acceptors (Lipinski definition) is 8. The zero-order valence-corrected chi connectivity index (χ0v) is 48.1. The van der Waals surface area contributed by atoms with Crippen LogP contribution in [0.2, 0.25) is 0 Å². The van der Waals surface area contributed by atoms with E-state index in [0.717, 1.165) is 89.9 Å². The van der Waals surface area contributed by atoms with E-state index in [1.807, 2.05) is 0 Å². The second-order valence-corrected chi connectivity index (χ2v) is 21.8. The van der Waals surface area contributed by atoms with Gasteiger partial charge in [0, 0.05) is 6.42 Å². The van der Waals surface area contributed by atoms with Crippen LogP contribution in [0.3, 0.4) is 0 Å². The van der Waals surface area contributed by atoms with Crippen LogP contribution in [0.25, 0.3) is 0 Å². The number of amides is 1. The molecule has 0 aromatic carbocycles. The first-order chi connectivity index (χ1) is 36.3. The van der Waals surface area contributed by atoms with Crippen LogP contribution in [0, 0.1) is 0 Å². The molecule has 6 N–H and O–H groups in total. The molecule has 0 bridgehead atoms. The molecule has 1 aliphatic heterocycles. The minimum atomic E-state index is -1.56. The number of aliphatic hydroxyl groups excluding tert-OH is 5. The molecule has 1 fully saturated rings. The lowest BCUT2D eigenvalue weighted by atomic mass is 9.99. The van der Waals surface area contributed by atoms with Crippen LogP contribution in [0.1, 0.15) is 290 Å². The summed E-state index contributed by atoms with van der Waals surface area (Å²) in [5, 5.41) is 54.8. The third kappa shape index (κ3) is 42.9. The molecule has 0 radical (unpaired) electrons. The molecule has 0 aromatic rings. The maximum absolute atomic E-state index is 13.1. The molecule has 1 heterocycles. The molecule has 1 aliphatic rings. The zero-order valence-electron chi connectivity index (χ0n) is 48.1. The summed E-state index contributed by atoms with van der Waals surface area (Å²) in [5.41, 5.74) is 0. The van der Waals surface area contributed by atoms with Crippen LogP contribution in [0.5, 0.6) is 0 Å². The molecule has 0 aromatic heterocycles. The molecule has 0 spiro atoms. The monoisotopic (exact) mass is 1040 g/mol. The number of unbranched alkanes of at least 4 members (excludes halogenated alkanes) is 34. The van der Waals surface area contributed by atoms with Gasteiger partial charge in [0.1, 0.15) is 24.4 Å². The fourth-order valence-corrected chi connectivity index (χ4v) is 9.96. The van der Waals surface area contributed by atoms with E-state index in [2.05, 4.69) is 79.9 Å². The van der Waals surface area contributed by atoms with Gasteiger partial charge in [0.25, 0.3) is 0 Å². The highest BCUT2D eigenvalue weighted by molar-refractivity contribution is 5.76. The molecule has 0 aliphatic carbocycles. The topological polar surface area (TPSA) is 149 Å². The molecular weight excluding hydrogens is 923 g/mol. The van der Waals surface area contributed by atoms with Gasteiger partial charge in [0.15, 0.2) is 6.29 Å². The SMILES string of the molecule is CC/C=C\C/C=C\C/C=C\C/C=C\C/C=C\CCCCCCCC(=O)NC(COC1OC(CO)C(O)C(O)C1O)C(O)CCCCCCCCCCCCCCCCCCCCCCCCCCCCCCCC. The molecule has 0 saturated carbocycles. The van der Waals surface area contributed by atoms with Crippen molar-refractivity contribution in [3.8, 4) is 0 Å². The molecule has 7 atom stereocenters. The van der Waals surface area contributed by atoms with Crippen LogP contribution >= 0.6 is 0 Å². The Balaban J connectivity index is 2.16. The number of carbonyl (C=O) groups is 1. The molecular formula is C65H119NO8. The van der Waals surface area contributed by atoms with Crippen molar-refractivity contribution in [1.29, 1.82) is 0 Å². The van der Waals surface area contributed by atoms with Gasteiger partial charge in [0.2, 0.25) is 5.91 Å². The molecule has 1 rings (SSSR count). The maximum atomic E-state index is 13.1. The zero-order chi connectivity index (χ0) is 53.6. The average Bonchev–Trinajstić information content (AvgIpc) is 3.40. The fourth-order valence-electron chi connectivity index (χ4n) is 9.96. The van der Waals surface area contributed by atoms with E-state index in [1.54, 1.807) is 0 Å². The van der Waals surface area contributed by atoms with Crippen molar-refractivity contribution in [2.75, 3.05) is 13.2 Å². The molecule has 7 unspecified atom stereocenters. The summed E-state index contributed by atoms with van der Waals surface area (Å²) in [6.45, 7) is 3.74. The Bertz CT molecular complexity index is 1350. The van der Waals surface area contributed by atoms with E-state index in [0.29, 0.717) is 12.8 Å². The van der Waals surface area contributed by atoms with Crippen molar-refractivity contribution in [3.63, 3.8) is 0 Å². The van der Waals surface area contributed by atoms with Crippen LogP contribution in [0.4, 0.5) is 0 Å². The predicted molar refractivity (Wildman–Crippen MR) is 313 cm³/mol. The van der Waals surface area contributed by atoms with Gasteiger partial charge in [-0.05, 0) is 57.8 Å². The van der Waals surface area contributed by atoms with Crippen molar-refractivity contribution in [2.45, 2.75) is 333 Å². The number of hydrogen-bond donors (Lipinski definition) is 6. The van der Waals surface area contributed by atoms with E-state index in [-0.39, 0.29) is 12.5 Å². The van der Waals surface area contributed by atoms with Gasteiger partial charge in [-0.3, -0.25) is 4.79 Å². The predicted octanol–water partition coefficient (Wildman–Crippen LogP) is 16.2. The Morgan fingerprint density at radius 3 is 1.24 bits per heavy atom. The van der Waals surface area contributed by atoms with Crippen molar-refractivity contribution in [2.24, 2.45) is 0 Å². The lowest BCUT2D eigenvalue weighted by Crippen LogP contribution is -2.60. The summed E-state index contributed by atoms with van der Waals surface area (Å²) in [6.07, 6.45) is 66.9. The third-order valence-corrected chi connectivity index (χ3v) is 14.9. The standard InChI is InChI=1S/C65H119NO8/c1-3-5-7-9-11-13-15-17-19-21-23-25-26-27-28-29-30-31-32-33-35-36-38-40-42-44-46-48-50-52-54-59(68)58(57-73-65-64(72)63(71)62(70)60(56-67)74-65)66-61(69)55-53-51-49-47-45-43-41-39-37-34-24-22-20-18-16-14-12-10-8-6-4-2/h6,8,12,14,18,20,24,34,39,41,58-60,62-65,67-68,70-72H,3-5,7,9-11,13,15-17,19,21-23,25-33,35-38,40,42-57H2,1-2H3,(H,66,69)/b8-6-,14-12-,20-18-,34-24-,41-39-. The Hall–Kier alpha value is -2.11. The molecule has 9 heteroatoms. The Morgan fingerprint density at radius 2 is 0.838 bits per heavy atom. The normalized spacial score (nSPS) is 19.4. The summed E-state index contributed by atoms with van der Waals surface area (Å²) in [6, 6.07) is -0.734. The second kappa shape index (κ2) is 54.3. The van der Waals surface area contributed by atoms with Gasteiger partial charge in [-0.25, -0.2) is 0 Å². The van der Waals surface area contributed by atoms with E-state index in [4.69, 9.17) is 9.47 Å². The van der Waals surface area contributed by atoms with E-state index in [1.165, 1.54) is 173 Å². The molecule has 1 saturated heterocycles. The summed E-state index contributed by atoms with van der Waals surface area (Å²) in [7, 11) is 0. The summed E-state index contributed by atoms with van der Waals surface area (Å²) >= 11 is 0. The van der Waals surface area contributed by atoms with Gasteiger partial charge in [-0.1, -0.05) is 286 Å². The molecule has 74 heavy (non-hydrogen) atoms. The number of ether oxygens (including phenoxy) is 2. The van der Waals surface area contributed by atoms with Crippen LogP contribution in [-0.4, -0.2) is 87.5 Å². The van der Waals surface area contributed by atoms with E-state index in [9.17, 15) is 30.3 Å². The minimum absolute atomic E-state index is 0.148. The molecule has 1 amide bonds. The molecule has 9 nitrogen and oxygen atoms in total. The highest BCUT2D eigenvalue weighted by Gasteiger charge is 2.44. The van der Waals surface area contributed by atoms with E-state index >= 15 is 0 Å². The third-order valence-electron chi connectivity index (χ3n) is 14.9. The Morgan fingerprint density at radius 1 is 0.473 bits per heavy atom. The minimum Gasteiger partial charge on any atom is -0.394 e. The highest BCUT2D eigenvalue weighted by Crippen LogP contribution is 2.23. The van der Waals surface area contributed by atoms with Crippen molar-refractivity contribution in [1.82, 2.24) is 5.32 Å². The maximum Gasteiger partial charge on any atom is 0.220 e. The molecule has 432 valence electrons. The van der Waals surface area contributed by atoms with Gasteiger partial charge in [-0.15, -0.1) is 0 Å². The second-order valence-electron chi connectivity index (χ2n) is 21.8. The van der Waals surface area contributed by atoms with Gasteiger partial charge < -0.3 is 40.3 Å². The summed E-state index contributed by atoms with van der Waals surface area (Å²) in [5.74, 6) is -0.161.